The van der Waals surface area contributed by atoms with E-state index in [1.807, 2.05) is 0 Å². The molecule has 0 aliphatic rings. The Bertz CT molecular complexity index is 580. The van der Waals surface area contributed by atoms with Crippen molar-refractivity contribution in [3.05, 3.63) is 34.6 Å². The third-order valence-electron chi connectivity index (χ3n) is 2.61. The fraction of sp³-hybridized carbons (Fsp3) is 0.308. The van der Waals surface area contributed by atoms with E-state index >= 15 is 0 Å². The lowest BCUT2D eigenvalue weighted by Crippen LogP contribution is -2.24. The lowest BCUT2D eigenvalue weighted by atomic mass is 10.2. The van der Waals surface area contributed by atoms with Crippen LogP contribution in [-0.4, -0.2) is 36.5 Å². The van der Waals surface area contributed by atoms with Crippen molar-refractivity contribution in [3.8, 4) is 0 Å². The summed E-state index contributed by atoms with van der Waals surface area (Å²) in [5, 5.41) is 13.2. The van der Waals surface area contributed by atoms with Crippen molar-refractivity contribution in [2.24, 2.45) is 0 Å². The van der Waals surface area contributed by atoms with Crippen LogP contribution in [0.4, 0.5) is 10.2 Å². The minimum absolute atomic E-state index is 0.229. The van der Waals surface area contributed by atoms with E-state index in [0.29, 0.717) is 11.3 Å². The molecule has 2 aromatic rings. The number of aliphatic hydroxyl groups is 1. The fourth-order valence-electron chi connectivity index (χ4n) is 1.73. The smallest absolute Gasteiger partial charge is 0.149 e. The van der Waals surface area contributed by atoms with E-state index in [1.165, 1.54) is 13.2 Å². The number of rotatable bonds is 5. The Balaban J connectivity index is 2.23. The van der Waals surface area contributed by atoms with Crippen LogP contribution in [0.5, 0.6) is 0 Å². The molecule has 0 bridgehead atoms. The van der Waals surface area contributed by atoms with Crippen molar-refractivity contribution in [1.82, 2.24) is 4.98 Å². The number of pyridine rings is 1. The molecule has 1 aromatic heterocycles. The number of nitrogens with zero attached hydrogens (tertiary/aromatic N) is 1. The third-order valence-corrected chi connectivity index (χ3v) is 3.22. The molecule has 0 amide bonds. The number of anilines is 1. The quantitative estimate of drug-likeness (QED) is 0.885. The van der Waals surface area contributed by atoms with Crippen molar-refractivity contribution >= 4 is 32.7 Å². The lowest BCUT2D eigenvalue weighted by molar-refractivity contribution is 0.0727. The average Bonchev–Trinajstić information content (AvgIpc) is 2.37. The molecule has 0 aliphatic carbocycles. The Morgan fingerprint density at radius 3 is 3.05 bits per heavy atom. The number of fused-ring (bicyclic) bond motifs is 1. The highest BCUT2D eigenvalue weighted by atomic mass is 79.9. The van der Waals surface area contributed by atoms with E-state index in [4.69, 9.17) is 4.74 Å². The number of hydrogen-bond donors (Lipinski definition) is 2. The molecule has 2 rings (SSSR count). The van der Waals surface area contributed by atoms with E-state index in [2.05, 4.69) is 26.2 Å². The van der Waals surface area contributed by atoms with Gasteiger partial charge in [0.15, 0.2) is 0 Å². The number of nitrogens with one attached hydrogen (secondary N) is 1. The number of para-hydroxylation sites is 1. The highest BCUT2D eigenvalue weighted by Gasteiger charge is 2.09. The second kappa shape index (κ2) is 6.27. The maximum absolute atomic E-state index is 13.6. The van der Waals surface area contributed by atoms with Gasteiger partial charge in [-0.05, 0) is 28.1 Å². The number of halogens is 2. The van der Waals surface area contributed by atoms with Crippen LogP contribution >= 0.6 is 15.9 Å². The van der Waals surface area contributed by atoms with Crippen molar-refractivity contribution in [1.29, 1.82) is 0 Å². The Morgan fingerprint density at radius 2 is 2.32 bits per heavy atom. The van der Waals surface area contributed by atoms with Gasteiger partial charge in [-0.2, -0.15) is 0 Å². The summed E-state index contributed by atoms with van der Waals surface area (Å²) in [6, 6.07) is 6.59. The Kier molecular flexibility index (Phi) is 4.68. The maximum atomic E-state index is 13.6. The van der Waals surface area contributed by atoms with Gasteiger partial charge in [0.2, 0.25) is 0 Å². The zero-order valence-electron chi connectivity index (χ0n) is 10.4. The van der Waals surface area contributed by atoms with Crippen molar-refractivity contribution in [2.75, 3.05) is 25.6 Å². The van der Waals surface area contributed by atoms with Gasteiger partial charge in [-0.1, -0.05) is 12.1 Å². The fourth-order valence-corrected chi connectivity index (χ4v) is 2.20. The van der Waals surface area contributed by atoms with Gasteiger partial charge >= 0.3 is 0 Å². The van der Waals surface area contributed by atoms with Gasteiger partial charge in [0.25, 0.3) is 0 Å². The molecule has 0 fully saturated rings. The van der Waals surface area contributed by atoms with Crippen LogP contribution in [0, 0.1) is 5.82 Å². The molecule has 102 valence electrons. The topological polar surface area (TPSA) is 54.4 Å². The van der Waals surface area contributed by atoms with Gasteiger partial charge in [0.1, 0.15) is 17.2 Å². The largest absolute Gasteiger partial charge is 0.389 e. The van der Waals surface area contributed by atoms with Gasteiger partial charge < -0.3 is 15.2 Å². The Hall–Kier alpha value is -1.24. The van der Waals surface area contributed by atoms with Crippen molar-refractivity contribution in [2.45, 2.75) is 6.10 Å². The molecular formula is C13H14BrFN2O2. The molecule has 19 heavy (non-hydrogen) atoms. The summed E-state index contributed by atoms with van der Waals surface area (Å²) in [4.78, 5) is 4.22. The minimum atomic E-state index is -0.644. The van der Waals surface area contributed by atoms with Crippen LogP contribution in [0.25, 0.3) is 10.9 Å². The number of hydrogen-bond acceptors (Lipinski definition) is 4. The molecule has 0 saturated heterocycles. The molecule has 1 atom stereocenters. The SMILES string of the molecule is COC[C@H](O)CNc1nc2c(F)cccc2cc1Br. The van der Waals surface area contributed by atoms with Crippen LogP contribution in [0.15, 0.2) is 28.7 Å². The molecule has 1 heterocycles. The molecule has 0 spiro atoms. The molecule has 6 heteroatoms. The van der Waals surface area contributed by atoms with Gasteiger partial charge in [-0.25, -0.2) is 9.37 Å². The van der Waals surface area contributed by atoms with Gasteiger partial charge in [-0.3, -0.25) is 0 Å². The predicted molar refractivity (Wildman–Crippen MR) is 75.8 cm³/mol. The van der Waals surface area contributed by atoms with Gasteiger partial charge in [-0.15, -0.1) is 0 Å². The first-order chi connectivity index (χ1) is 9.11. The molecular weight excluding hydrogens is 315 g/mol. The van der Waals surface area contributed by atoms with Crippen LogP contribution in [0.1, 0.15) is 0 Å². The van der Waals surface area contributed by atoms with Crippen molar-refractivity contribution < 1.29 is 14.2 Å². The van der Waals surface area contributed by atoms with Crippen LogP contribution in [0.3, 0.4) is 0 Å². The molecule has 1 aromatic carbocycles. The number of benzene rings is 1. The van der Waals surface area contributed by atoms with E-state index in [0.717, 1.165) is 9.86 Å². The minimum Gasteiger partial charge on any atom is -0.389 e. The molecule has 0 aliphatic heterocycles. The summed E-state index contributed by atoms with van der Waals surface area (Å²) in [5.41, 5.74) is 0.300. The summed E-state index contributed by atoms with van der Waals surface area (Å²) >= 11 is 3.37. The number of aromatic nitrogens is 1. The lowest BCUT2D eigenvalue weighted by Gasteiger charge is -2.13. The third kappa shape index (κ3) is 3.40. The molecule has 0 radical (unpaired) electrons. The van der Waals surface area contributed by atoms with Gasteiger partial charge in [0.05, 0.1) is 17.2 Å². The summed E-state index contributed by atoms with van der Waals surface area (Å²) in [6.45, 7) is 0.506. The zero-order chi connectivity index (χ0) is 13.8. The van der Waals surface area contributed by atoms with Crippen LogP contribution in [-0.2, 0) is 4.74 Å². The molecule has 4 nitrogen and oxygen atoms in total. The molecule has 0 unspecified atom stereocenters. The van der Waals surface area contributed by atoms with Gasteiger partial charge in [0, 0.05) is 19.0 Å². The summed E-state index contributed by atoms with van der Waals surface area (Å²) in [6.07, 6.45) is -0.644. The van der Waals surface area contributed by atoms with E-state index < -0.39 is 6.10 Å². The predicted octanol–water partition coefficient (Wildman–Crippen LogP) is 2.56. The Labute approximate surface area is 118 Å². The second-order valence-corrected chi connectivity index (χ2v) is 4.97. The summed E-state index contributed by atoms with van der Waals surface area (Å²) < 4.78 is 19.2. The highest BCUT2D eigenvalue weighted by Crippen LogP contribution is 2.26. The number of ether oxygens (including phenoxy) is 1. The summed E-state index contributed by atoms with van der Waals surface area (Å²) in [5.74, 6) is 0.123. The molecule has 2 N–H and O–H groups in total. The second-order valence-electron chi connectivity index (χ2n) is 4.12. The first-order valence-corrected chi connectivity index (χ1v) is 6.56. The zero-order valence-corrected chi connectivity index (χ0v) is 11.9. The Morgan fingerprint density at radius 1 is 1.53 bits per heavy atom. The van der Waals surface area contributed by atoms with E-state index in [9.17, 15) is 9.50 Å². The van der Waals surface area contributed by atoms with Crippen LogP contribution < -0.4 is 5.32 Å². The monoisotopic (exact) mass is 328 g/mol. The van der Waals surface area contributed by atoms with Crippen LogP contribution in [0.2, 0.25) is 0 Å². The normalized spacial score (nSPS) is 12.6. The number of aliphatic hydroxyl groups excluding tert-OH is 1. The average molecular weight is 329 g/mol. The van der Waals surface area contributed by atoms with E-state index in [1.54, 1.807) is 18.2 Å². The molecule has 0 saturated carbocycles. The van der Waals surface area contributed by atoms with E-state index in [-0.39, 0.29) is 19.0 Å². The first-order valence-electron chi connectivity index (χ1n) is 5.77. The highest BCUT2D eigenvalue weighted by molar-refractivity contribution is 9.10. The first kappa shape index (κ1) is 14.2. The standard InChI is InChI=1S/C13H14BrFN2O2/c1-19-7-9(18)6-16-13-10(14)5-8-3-2-4-11(15)12(8)17-13/h2-5,9,18H,6-7H2,1H3,(H,16,17)/t9-/m1/s1. The summed E-state index contributed by atoms with van der Waals surface area (Å²) in [7, 11) is 1.52. The number of methoxy groups -OCH3 is 1. The maximum Gasteiger partial charge on any atom is 0.149 e. The van der Waals surface area contributed by atoms with Crippen molar-refractivity contribution in [3.63, 3.8) is 0 Å².